The first-order chi connectivity index (χ1) is 13.7. The summed E-state index contributed by atoms with van der Waals surface area (Å²) in [5, 5.41) is 7.82. The first kappa shape index (κ1) is 22.7. The van der Waals surface area contributed by atoms with Crippen LogP contribution in [0, 0.1) is 0 Å². The lowest BCUT2D eigenvalue weighted by Gasteiger charge is -2.22. The standard InChI is InChI=1S/C22H27N5O.HI/c1-23-22(26(2)13-14-28-21-11-7-4-8-12-21)24-15-20-16-25-27(18-20)17-19-9-5-3-6-10-19;/h3-12,16,18H,13-15,17H2,1-2H3,(H,23,24);1H. The molecule has 0 aliphatic rings. The van der Waals surface area contributed by atoms with E-state index >= 15 is 0 Å². The fourth-order valence-corrected chi connectivity index (χ4v) is 2.84. The van der Waals surface area contributed by atoms with Gasteiger partial charge in [-0.15, -0.1) is 24.0 Å². The molecule has 0 fully saturated rings. The molecular formula is C22H28IN5O. The van der Waals surface area contributed by atoms with Gasteiger partial charge in [-0.1, -0.05) is 48.5 Å². The molecule has 1 heterocycles. The van der Waals surface area contributed by atoms with Crippen LogP contribution in [-0.4, -0.2) is 47.9 Å². The Balaban J connectivity index is 0.00000300. The highest BCUT2D eigenvalue weighted by molar-refractivity contribution is 14.0. The molecule has 0 amide bonds. The van der Waals surface area contributed by atoms with E-state index in [4.69, 9.17) is 4.74 Å². The van der Waals surface area contributed by atoms with Crippen LogP contribution < -0.4 is 10.1 Å². The van der Waals surface area contributed by atoms with E-state index in [-0.39, 0.29) is 24.0 Å². The van der Waals surface area contributed by atoms with Crippen LogP contribution in [0.4, 0.5) is 0 Å². The van der Waals surface area contributed by atoms with Crippen molar-refractivity contribution in [3.05, 3.63) is 84.2 Å². The van der Waals surface area contributed by atoms with Crippen molar-refractivity contribution in [2.75, 3.05) is 27.2 Å². The molecule has 0 atom stereocenters. The minimum atomic E-state index is 0. The molecule has 1 N–H and O–H groups in total. The van der Waals surface area contributed by atoms with Crippen molar-refractivity contribution in [2.24, 2.45) is 4.99 Å². The van der Waals surface area contributed by atoms with E-state index in [1.54, 1.807) is 7.05 Å². The second-order valence-electron chi connectivity index (χ2n) is 6.52. The molecule has 29 heavy (non-hydrogen) atoms. The van der Waals surface area contributed by atoms with Gasteiger partial charge < -0.3 is 15.0 Å². The summed E-state index contributed by atoms with van der Waals surface area (Å²) in [4.78, 5) is 6.40. The molecule has 3 aromatic rings. The van der Waals surface area contributed by atoms with Crippen LogP contribution in [0.25, 0.3) is 0 Å². The molecule has 0 aliphatic heterocycles. The Morgan fingerprint density at radius 3 is 2.45 bits per heavy atom. The van der Waals surface area contributed by atoms with Gasteiger partial charge in [-0.25, -0.2) is 0 Å². The Morgan fingerprint density at radius 1 is 1.07 bits per heavy atom. The molecule has 2 aromatic carbocycles. The van der Waals surface area contributed by atoms with Gasteiger partial charge >= 0.3 is 0 Å². The van der Waals surface area contributed by atoms with Crippen molar-refractivity contribution in [3.8, 4) is 5.75 Å². The topological polar surface area (TPSA) is 54.7 Å². The van der Waals surface area contributed by atoms with E-state index < -0.39 is 0 Å². The average molecular weight is 505 g/mol. The third-order valence-corrected chi connectivity index (χ3v) is 4.34. The maximum Gasteiger partial charge on any atom is 0.193 e. The smallest absolute Gasteiger partial charge is 0.193 e. The van der Waals surface area contributed by atoms with Crippen molar-refractivity contribution >= 4 is 29.9 Å². The van der Waals surface area contributed by atoms with Crippen LogP contribution in [0.3, 0.4) is 0 Å². The molecular weight excluding hydrogens is 477 g/mol. The molecule has 1 aromatic heterocycles. The van der Waals surface area contributed by atoms with Crippen LogP contribution >= 0.6 is 24.0 Å². The molecule has 6 nitrogen and oxygen atoms in total. The summed E-state index contributed by atoms with van der Waals surface area (Å²) in [7, 11) is 3.79. The number of rotatable bonds is 8. The number of benzene rings is 2. The lowest BCUT2D eigenvalue weighted by Crippen LogP contribution is -2.40. The van der Waals surface area contributed by atoms with Gasteiger partial charge in [0.2, 0.25) is 0 Å². The van der Waals surface area contributed by atoms with Crippen molar-refractivity contribution in [1.82, 2.24) is 20.0 Å². The van der Waals surface area contributed by atoms with Gasteiger partial charge in [0.1, 0.15) is 12.4 Å². The maximum atomic E-state index is 5.76. The number of ether oxygens (including phenoxy) is 1. The van der Waals surface area contributed by atoms with Crippen LogP contribution in [-0.2, 0) is 13.1 Å². The van der Waals surface area contributed by atoms with Gasteiger partial charge in [-0.2, -0.15) is 5.10 Å². The molecule has 154 valence electrons. The van der Waals surface area contributed by atoms with Crippen molar-refractivity contribution in [3.63, 3.8) is 0 Å². The van der Waals surface area contributed by atoms with Crippen LogP contribution in [0.1, 0.15) is 11.1 Å². The number of aromatic nitrogens is 2. The highest BCUT2D eigenvalue weighted by atomic mass is 127. The zero-order chi connectivity index (χ0) is 19.6. The van der Waals surface area contributed by atoms with Crippen LogP contribution in [0.5, 0.6) is 5.75 Å². The number of likely N-dealkylation sites (N-methyl/N-ethyl adjacent to an activating group) is 1. The summed E-state index contributed by atoms with van der Waals surface area (Å²) in [6, 6.07) is 20.2. The lowest BCUT2D eigenvalue weighted by atomic mass is 10.2. The molecule has 7 heteroatoms. The lowest BCUT2D eigenvalue weighted by molar-refractivity contribution is 0.281. The summed E-state index contributed by atoms with van der Waals surface area (Å²) < 4.78 is 7.71. The van der Waals surface area contributed by atoms with Crippen LogP contribution in [0.15, 0.2) is 78.0 Å². The Morgan fingerprint density at radius 2 is 1.76 bits per heavy atom. The van der Waals surface area contributed by atoms with Gasteiger partial charge in [0, 0.05) is 32.4 Å². The Hall–Kier alpha value is -2.55. The molecule has 0 bridgehead atoms. The van der Waals surface area contributed by atoms with Crippen molar-refractivity contribution < 1.29 is 4.74 Å². The summed E-state index contributed by atoms with van der Waals surface area (Å²) in [5.41, 5.74) is 2.35. The summed E-state index contributed by atoms with van der Waals surface area (Å²) >= 11 is 0. The summed E-state index contributed by atoms with van der Waals surface area (Å²) in [5.74, 6) is 1.71. The first-order valence-corrected chi connectivity index (χ1v) is 9.39. The zero-order valence-electron chi connectivity index (χ0n) is 16.9. The largest absolute Gasteiger partial charge is 0.492 e. The van der Waals surface area contributed by atoms with E-state index in [0.717, 1.165) is 30.4 Å². The third-order valence-electron chi connectivity index (χ3n) is 4.34. The van der Waals surface area contributed by atoms with E-state index in [0.29, 0.717) is 13.2 Å². The monoisotopic (exact) mass is 505 g/mol. The highest BCUT2D eigenvalue weighted by Crippen LogP contribution is 2.08. The fourth-order valence-electron chi connectivity index (χ4n) is 2.84. The second kappa shape index (κ2) is 12.1. The number of hydrogen-bond acceptors (Lipinski definition) is 3. The minimum Gasteiger partial charge on any atom is -0.492 e. The number of aliphatic imine (C=N–C) groups is 1. The Bertz CT molecular complexity index is 867. The minimum absolute atomic E-state index is 0. The average Bonchev–Trinajstić information content (AvgIpc) is 3.17. The maximum absolute atomic E-state index is 5.76. The molecule has 0 radical (unpaired) electrons. The van der Waals surface area contributed by atoms with Gasteiger partial charge in [-0.3, -0.25) is 9.67 Å². The number of hydrogen-bond donors (Lipinski definition) is 1. The van der Waals surface area contributed by atoms with Gasteiger partial charge in [0.15, 0.2) is 5.96 Å². The van der Waals surface area contributed by atoms with Crippen molar-refractivity contribution in [2.45, 2.75) is 13.1 Å². The highest BCUT2D eigenvalue weighted by Gasteiger charge is 2.07. The third kappa shape index (κ3) is 7.41. The molecule has 0 saturated heterocycles. The number of guanidine groups is 1. The predicted molar refractivity (Wildman–Crippen MR) is 128 cm³/mol. The molecule has 0 aliphatic carbocycles. The number of nitrogens with zero attached hydrogens (tertiary/aromatic N) is 4. The van der Waals surface area contributed by atoms with E-state index in [1.807, 2.05) is 66.5 Å². The second-order valence-corrected chi connectivity index (χ2v) is 6.52. The van der Waals surface area contributed by atoms with E-state index in [2.05, 4.69) is 38.6 Å². The fraction of sp³-hybridized carbons (Fsp3) is 0.273. The summed E-state index contributed by atoms with van der Waals surface area (Å²) in [6.07, 6.45) is 3.95. The van der Waals surface area contributed by atoms with Gasteiger partial charge in [0.05, 0.1) is 19.3 Å². The molecule has 0 saturated carbocycles. The quantitative estimate of drug-likeness (QED) is 0.289. The normalized spacial score (nSPS) is 10.9. The first-order valence-electron chi connectivity index (χ1n) is 9.39. The Kier molecular flexibility index (Phi) is 9.49. The van der Waals surface area contributed by atoms with Crippen molar-refractivity contribution in [1.29, 1.82) is 0 Å². The predicted octanol–water partition coefficient (Wildman–Crippen LogP) is 3.64. The molecule has 3 rings (SSSR count). The SMILES string of the molecule is CN=C(NCc1cnn(Cc2ccccc2)c1)N(C)CCOc1ccccc1.I. The van der Waals surface area contributed by atoms with Crippen LogP contribution in [0.2, 0.25) is 0 Å². The zero-order valence-corrected chi connectivity index (χ0v) is 19.2. The molecule has 0 spiro atoms. The number of halogens is 1. The summed E-state index contributed by atoms with van der Waals surface area (Å²) in [6.45, 7) is 2.77. The van der Waals surface area contributed by atoms with E-state index in [1.165, 1.54) is 5.56 Å². The van der Waals surface area contributed by atoms with Gasteiger partial charge in [-0.05, 0) is 17.7 Å². The number of nitrogens with one attached hydrogen (secondary N) is 1. The van der Waals surface area contributed by atoms with Gasteiger partial charge in [0.25, 0.3) is 0 Å². The number of para-hydroxylation sites is 1. The molecule has 0 unspecified atom stereocenters. The Labute approximate surface area is 189 Å². The van der Waals surface area contributed by atoms with E-state index in [9.17, 15) is 0 Å².